The first kappa shape index (κ1) is 16.7. The number of sulfonamides is 1. The van der Waals surface area contributed by atoms with Crippen LogP contribution in [0.25, 0.3) is 0 Å². The summed E-state index contributed by atoms with van der Waals surface area (Å²) in [5.41, 5.74) is 0. The van der Waals surface area contributed by atoms with Crippen LogP contribution in [0.5, 0.6) is 0 Å². The molecule has 1 aliphatic heterocycles. The number of rotatable bonds is 3. The molecule has 0 radical (unpaired) electrons. The van der Waals surface area contributed by atoms with Crippen molar-refractivity contribution >= 4 is 21.4 Å². The summed E-state index contributed by atoms with van der Waals surface area (Å²) in [6.45, 7) is 1.78. The summed E-state index contributed by atoms with van der Waals surface area (Å²) in [7, 11) is -3.64. The molecule has 0 spiro atoms. The molecule has 1 aliphatic rings. The topological polar surface area (TPSA) is 57.6 Å². The average molecular weight is 343 g/mol. The zero-order valence-corrected chi connectivity index (χ0v) is 12.9. The molecular weight excluding hydrogens is 327 g/mol. The normalized spacial score (nSPS) is 20.6. The number of aliphatic hydroxyl groups excluding tert-OH is 1. The molecule has 1 atom stereocenters. The minimum Gasteiger partial charge on any atom is -0.383 e. The molecule has 0 aromatic carbocycles. The Balaban J connectivity index is 2.04. The fourth-order valence-electron chi connectivity index (χ4n) is 2.38. The first-order chi connectivity index (χ1) is 9.62. The van der Waals surface area contributed by atoms with E-state index in [1.807, 2.05) is 0 Å². The van der Waals surface area contributed by atoms with Crippen LogP contribution in [0, 0.1) is 12.8 Å². The van der Waals surface area contributed by atoms with Gasteiger partial charge in [0.05, 0.1) is 0 Å². The van der Waals surface area contributed by atoms with E-state index in [0.717, 1.165) is 16.2 Å². The number of hydrogen-bond donors (Lipinski definition) is 1. The molecule has 0 saturated carbocycles. The maximum Gasteiger partial charge on any atom is 0.414 e. The average Bonchev–Trinajstić information content (AvgIpc) is 2.84. The summed E-state index contributed by atoms with van der Waals surface area (Å²) in [6.07, 6.45) is -7.03. The van der Waals surface area contributed by atoms with Crippen LogP contribution in [-0.2, 0) is 10.0 Å². The first-order valence-corrected chi connectivity index (χ1v) is 8.69. The van der Waals surface area contributed by atoms with Crippen molar-refractivity contribution in [1.29, 1.82) is 0 Å². The van der Waals surface area contributed by atoms with Crippen molar-refractivity contribution in [2.24, 2.45) is 5.92 Å². The molecular formula is C12H16F3NO3S2. The number of nitrogens with zero attached hydrogens (tertiary/aromatic N) is 1. The van der Waals surface area contributed by atoms with Gasteiger partial charge in [-0.1, -0.05) is 0 Å². The molecule has 2 heterocycles. The summed E-state index contributed by atoms with van der Waals surface area (Å²) >= 11 is 1.14. The van der Waals surface area contributed by atoms with Gasteiger partial charge >= 0.3 is 6.18 Å². The van der Waals surface area contributed by atoms with Crippen LogP contribution >= 0.6 is 11.3 Å². The summed E-state index contributed by atoms with van der Waals surface area (Å²) in [6, 6.07) is 3.20. The van der Waals surface area contributed by atoms with Crippen LogP contribution in [0.15, 0.2) is 16.3 Å². The van der Waals surface area contributed by atoms with Crippen LogP contribution in [0.4, 0.5) is 13.2 Å². The molecule has 1 N–H and O–H groups in total. The number of piperidine rings is 1. The summed E-state index contributed by atoms with van der Waals surface area (Å²) in [5, 5.41) is 9.23. The van der Waals surface area contributed by atoms with E-state index >= 15 is 0 Å². The van der Waals surface area contributed by atoms with Crippen LogP contribution in [-0.4, -0.2) is 43.2 Å². The number of aryl methyl sites for hydroxylation is 1. The van der Waals surface area contributed by atoms with E-state index < -0.39 is 28.2 Å². The molecule has 0 bridgehead atoms. The molecule has 120 valence electrons. The van der Waals surface area contributed by atoms with E-state index in [1.165, 1.54) is 10.4 Å². The van der Waals surface area contributed by atoms with Crippen LogP contribution in [0.2, 0.25) is 0 Å². The molecule has 1 aromatic heterocycles. The van der Waals surface area contributed by atoms with Gasteiger partial charge in [0.1, 0.15) is 4.21 Å². The summed E-state index contributed by atoms with van der Waals surface area (Å²) < 4.78 is 63.4. The predicted octanol–water partition coefficient (Wildman–Crippen LogP) is 2.38. The van der Waals surface area contributed by atoms with E-state index in [-0.39, 0.29) is 30.1 Å². The first-order valence-electron chi connectivity index (χ1n) is 6.44. The molecule has 9 heteroatoms. The highest BCUT2D eigenvalue weighted by molar-refractivity contribution is 7.91. The number of aliphatic hydroxyl groups is 1. The zero-order chi connectivity index (χ0) is 15.8. The Labute approximate surface area is 125 Å². The van der Waals surface area contributed by atoms with Crippen molar-refractivity contribution < 1.29 is 26.7 Å². The molecule has 4 nitrogen and oxygen atoms in total. The lowest BCUT2D eigenvalue weighted by Gasteiger charge is -2.33. The maximum atomic E-state index is 12.5. The van der Waals surface area contributed by atoms with Gasteiger partial charge in [-0.25, -0.2) is 8.42 Å². The van der Waals surface area contributed by atoms with Gasteiger partial charge in [-0.3, -0.25) is 0 Å². The van der Waals surface area contributed by atoms with Gasteiger partial charge in [0, 0.05) is 18.0 Å². The lowest BCUT2D eigenvalue weighted by Crippen LogP contribution is -2.44. The van der Waals surface area contributed by atoms with Crippen LogP contribution in [0.1, 0.15) is 17.7 Å². The Hall–Kier alpha value is -0.640. The van der Waals surface area contributed by atoms with Crippen molar-refractivity contribution in [3.63, 3.8) is 0 Å². The van der Waals surface area contributed by atoms with Gasteiger partial charge in [0.2, 0.25) is 0 Å². The predicted molar refractivity (Wildman–Crippen MR) is 72.6 cm³/mol. The number of halogens is 3. The van der Waals surface area contributed by atoms with Gasteiger partial charge in [-0.2, -0.15) is 17.5 Å². The monoisotopic (exact) mass is 343 g/mol. The SMILES string of the molecule is Cc1ccc(S(=O)(=O)N2CCC(C(O)C(F)(F)F)CC2)s1. The molecule has 0 aliphatic carbocycles. The Bertz CT molecular complexity index is 589. The number of thiophene rings is 1. The highest BCUT2D eigenvalue weighted by atomic mass is 32.2. The number of alkyl halides is 3. The van der Waals surface area contributed by atoms with Crippen molar-refractivity contribution in [3.05, 3.63) is 17.0 Å². The van der Waals surface area contributed by atoms with Gasteiger partial charge in [-0.05, 0) is 37.8 Å². The highest BCUT2D eigenvalue weighted by Gasteiger charge is 2.45. The molecule has 0 amide bonds. The fraction of sp³-hybridized carbons (Fsp3) is 0.667. The van der Waals surface area contributed by atoms with Gasteiger partial charge in [0.25, 0.3) is 10.0 Å². The smallest absolute Gasteiger partial charge is 0.383 e. The van der Waals surface area contributed by atoms with Crippen molar-refractivity contribution in [1.82, 2.24) is 4.31 Å². The third-order valence-electron chi connectivity index (χ3n) is 3.59. The molecule has 1 unspecified atom stereocenters. The molecule has 1 saturated heterocycles. The van der Waals surface area contributed by atoms with E-state index in [0.29, 0.717) is 0 Å². The Morgan fingerprint density at radius 1 is 1.33 bits per heavy atom. The fourth-order valence-corrected chi connectivity index (χ4v) is 5.28. The highest BCUT2D eigenvalue weighted by Crippen LogP contribution is 2.34. The van der Waals surface area contributed by atoms with Crippen molar-refractivity contribution in [2.75, 3.05) is 13.1 Å². The summed E-state index contributed by atoms with van der Waals surface area (Å²) in [5.74, 6) is -0.943. The van der Waals surface area contributed by atoms with E-state index in [4.69, 9.17) is 0 Å². The van der Waals surface area contributed by atoms with E-state index in [1.54, 1.807) is 13.0 Å². The molecule has 1 aromatic rings. The van der Waals surface area contributed by atoms with Crippen LogP contribution in [0.3, 0.4) is 0 Å². The van der Waals surface area contributed by atoms with Crippen molar-refractivity contribution in [3.8, 4) is 0 Å². The number of hydrogen-bond acceptors (Lipinski definition) is 4. The second-order valence-corrected chi connectivity index (χ2v) is 8.55. The standard InChI is InChI=1S/C12H16F3NO3S2/c1-8-2-3-10(20-8)21(18,19)16-6-4-9(5-7-16)11(17)12(13,14)15/h2-3,9,11,17H,4-7H2,1H3. The van der Waals surface area contributed by atoms with Gasteiger partial charge in [0.15, 0.2) is 6.10 Å². The second kappa shape index (κ2) is 5.86. The second-order valence-electron chi connectivity index (χ2n) is 5.09. The van der Waals surface area contributed by atoms with Gasteiger partial charge in [-0.15, -0.1) is 11.3 Å². The third kappa shape index (κ3) is 3.58. The minimum atomic E-state index is -4.66. The lowest BCUT2D eigenvalue weighted by atomic mass is 9.92. The molecule has 21 heavy (non-hydrogen) atoms. The van der Waals surface area contributed by atoms with E-state index in [9.17, 15) is 26.7 Å². The van der Waals surface area contributed by atoms with Crippen molar-refractivity contribution in [2.45, 2.75) is 36.3 Å². The quantitative estimate of drug-likeness (QED) is 0.917. The minimum absolute atomic E-state index is 0.00289. The van der Waals surface area contributed by atoms with E-state index in [2.05, 4.69) is 0 Å². The van der Waals surface area contributed by atoms with Crippen LogP contribution < -0.4 is 0 Å². The Morgan fingerprint density at radius 3 is 2.33 bits per heavy atom. The Morgan fingerprint density at radius 2 is 1.90 bits per heavy atom. The lowest BCUT2D eigenvalue weighted by molar-refractivity contribution is -0.222. The zero-order valence-electron chi connectivity index (χ0n) is 11.3. The molecule has 2 rings (SSSR count). The summed E-state index contributed by atoms with van der Waals surface area (Å²) in [4.78, 5) is 0.857. The third-order valence-corrected chi connectivity index (χ3v) is 6.96. The molecule has 1 fully saturated rings. The Kier molecular flexibility index (Phi) is 4.67. The van der Waals surface area contributed by atoms with Gasteiger partial charge < -0.3 is 5.11 Å². The largest absolute Gasteiger partial charge is 0.414 e. The maximum absolute atomic E-state index is 12.5.